The molecule has 1 amide bonds. The largest absolute Gasteiger partial charge is 0.449 e. The molecule has 0 spiro atoms. The van der Waals surface area contributed by atoms with Gasteiger partial charge in [0.15, 0.2) is 11.5 Å². The Morgan fingerprint density at radius 3 is 2.79 bits per heavy atom. The van der Waals surface area contributed by atoms with Crippen molar-refractivity contribution in [2.24, 2.45) is 0 Å². The third kappa shape index (κ3) is 4.33. The maximum Gasteiger partial charge on any atom is 0.375 e. The summed E-state index contributed by atoms with van der Waals surface area (Å²) < 4.78 is 15.2. The molecule has 0 fully saturated rings. The molecule has 0 saturated heterocycles. The predicted octanol–water partition coefficient (Wildman–Crippen LogP) is 1.75. The molecule has 0 aliphatic rings. The molecule has 0 bridgehead atoms. The van der Waals surface area contributed by atoms with Gasteiger partial charge in [0, 0.05) is 24.7 Å². The van der Waals surface area contributed by atoms with Crippen LogP contribution in [0.4, 0.5) is 0 Å². The number of fused-ring (bicyclic) bond motifs is 1. The molecule has 0 unspecified atom stereocenters. The number of hydrogen-bond donors (Lipinski definition) is 1. The number of nitrogens with one attached hydrogen (secondary N) is 1. The molecular weight excluding hydrogens is 338 g/mol. The maximum atomic E-state index is 12.1. The van der Waals surface area contributed by atoms with Gasteiger partial charge in [0.2, 0.25) is 5.76 Å². The molecule has 1 aromatic heterocycles. The van der Waals surface area contributed by atoms with Gasteiger partial charge in [-0.25, -0.2) is 4.79 Å². The van der Waals surface area contributed by atoms with Gasteiger partial charge in [0.25, 0.3) is 5.91 Å². The van der Waals surface area contributed by atoms with Gasteiger partial charge in [0.05, 0.1) is 12.0 Å². The number of hydrogen-bond acceptors (Lipinski definition) is 6. The number of esters is 1. The van der Waals surface area contributed by atoms with Gasteiger partial charge >= 0.3 is 5.97 Å². The first-order valence-corrected chi connectivity index (χ1v) is 7.51. The summed E-state index contributed by atoms with van der Waals surface area (Å²) in [4.78, 5) is 35.8. The third-order valence-corrected chi connectivity index (χ3v) is 3.38. The molecule has 0 aliphatic heterocycles. The first-order chi connectivity index (χ1) is 11.4. The van der Waals surface area contributed by atoms with Crippen LogP contribution in [-0.4, -0.2) is 38.2 Å². The van der Waals surface area contributed by atoms with Crippen molar-refractivity contribution < 1.29 is 23.5 Å². The van der Waals surface area contributed by atoms with Gasteiger partial charge in [0.1, 0.15) is 5.58 Å². The van der Waals surface area contributed by atoms with Crippen molar-refractivity contribution in [3.8, 4) is 0 Å². The molecule has 1 atom stereocenters. The van der Waals surface area contributed by atoms with Crippen molar-refractivity contribution in [2.75, 3.05) is 20.3 Å². The number of amides is 1. The Balaban J connectivity index is 2.12. The molecule has 1 aromatic carbocycles. The first kappa shape index (κ1) is 18.0. The zero-order chi connectivity index (χ0) is 17.7. The van der Waals surface area contributed by atoms with E-state index in [0.29, 0.717) is 18.2 Å². The van der Waals surface area contributed by atoms with Gasteiger partial charge in [-0.15, -0.1) is 0 Å². The Bertz CT molecular complexity index is 816. The van der Waals surface area contributed by atoms with E-state index in [-0.39, 0.29) is 16.7 Å². The number of methoxy groups -OCH3 is 1. The summed E-state index contributed by atoms with van der Waals surface area (Å²) in [5.74, 6) is -1.67. The van der Waals surface area contributed by atoms with Crippen molar-refractivity contribution in [3.63, 3.8) is 0 Å². The average molecular weight is 354 g/mol. The Hall–Kier alpha value is -2.38. The number of halogens is 1. The Morgan fingerprint density at radius 2 is 2.08 bits per heavy atom. The second kappa shape index (κ2) is 7.94. The van der Waals surface area contributed by atoms with Crippen LogP contribution in [0.1, 0.15) is 17.5 Å². The van der Waals surface area contributed by atoms with E-state index in [1.807, 2.05) is 0 Å². The van der Waals surface area contributed by atoms with Crippen molar-refractivity contribution in [2.45, 2.75) is 13.0 Å². The summed E-state index contributed by atoms with van der Waals surface area (Å²) in [6.45, 7) is 2.05. The average Bonchev–Trinajstić information content (AvgIpc) is 2.55. The van der Waals surface area contributed by atoms with Crippen LogP contribution in [0.15, 0.2) is 33.5 Å². The van der Waals surface area contributed by atoms with E-state index in [2.05, 4.69) is 5.32 Å². The highest BCUT2D eigenvalue weighted by Crippen LogP contribution is 2.18. The Kier molecular flexibility index (Phi) is 5.94. The van der Waals surface area contributed by atoms with E-state index in [9.17, 15) is 14.4 Å². The van der Waals surface area contributed by atoms with Gasteiger partial charge in [-0.2, -0.15) is 0 Å². The SMILES string of the molecule is COCCNC(=O)[C@@H](C)OC(=O)c1cc(=O)c2cc(Cl)ccc2o1. The summed E-state index contributed by atoms with van der Waals surface area (Å²) in [5.41, 5.74) is -0.223. The monoisotopic (exact) mass is 353 g/mol. The van der Waals surface area contributed by atoms with E-state index >= 15 is 0 Å². The Morgan fingerprint density at radius 1 is 1.33 bits per heavy atom. The fraction of sp³-hybridized carbons (Fsp3) is 0.312. The highest BCUT2D eigenvalue weighted by molar-refractivity contribution is 6.31. The van der Waals surface area contributed by atoms with Crippen molar-refractivity contribution in [1.29, 1.82) is 0 Å². The van der Waals surface area contributed by atoms with Crippen LogP contribution in [0.3, 0.4) is 0 Å². The molecule has 0 aliphatic carbocycles. The number of carbonyl (C=O) groups is 2. The highest BCUT2D eigenvalue weighted by atomic mass is 35.5. The third-order valence-electron chi connectivity index (χ3n) is 3.15. The van der Waals surface area contributed by atoms with Gasteiger partial charge < -0.3 is 19.2 Å². The molecule has 0 saturated carbocycles. The summed E-state index contributed by atoms with van der Waals surface area (Å²) >= 11 is 5.82. The van der Waals surface area contributed by atoms with Crippen LogP contribution in [0, 0.1) is 0 Å². The number of carbonyl (C=O) groups excluding carboxylic acids is 2. The summed E-state index contributed by atoms with van der Waals surface area (Å²) in [7, 11) is 1.50. The Labute approximate surface area is 142 Å². The van der Waals surface area contributed by atoms with Crippen molar-refractivity contribution in [1.82, 2.24) is 5.32 Å². The smallest absolute Gasteiger partial charge is 0.375 e. The van der Waals surface area contributed by atoms with Gasteiger partial charge in [-0.1, -0.05) is 11.6 Å². The molecule has 128 valence electrons. The molecule has 2 rings (SSSR count). The normalized spacial score (nSPS) is 12.0. The lowest BCUT2D eigenvalue weighted by molar-refractivity contribution is -0.129. The molecule has 7 nitrogen and oxygen atoms in total. The molecule has 0 radical (unpaired) electrons. The summed E-state index contributed by atoms with van der Waals surface area (Å²) in [5, 5.41) is 3.17. The molecule has 24 heavy (non-hydrogen) atoms. The lowest BCUT2D eigenvalue weighted by Gasteiger charge is -2.13. The minimum absolute atomic E-state index is 0.205. The van der Waals surface area contributed by atoms with E-state index in [0.717, 1.165) is 6.07 Å². The molecule has 8 heteroatoms. The summed E-state index contributed by atoms with van der Waals surface area (Å²) in [6.07, 6.45) is -1.04. The van der Waals surface area contributed by atoms with E-state index in [1.165, 1.54) is 32.2 Å². The molecule has 1 N–H and O–H groups in total. The second-order valence-electron chi connectivity index (χ2n) is 4.95. The predicted molar refractivity (Wildman–Crippen MR) is 87.3 cm³/mol. The topological polar surface area (TPSA) is 94.8 Å². The van der Waals surface area contributed by atoms with Crippen LogP contribution < -0.4 is 10.7 Å². The van der Waals surface area contributed by atoms with Crippen LogP contribution in [0.25, 0.3) is 11.0 Å². The number of benzene rings is 1. The minimum Gasteiger partial charge on any atom is -0.449 e. The fourth-order valence-corrected chi connectivity index (χ4v) is 2.09. The highest BCUT2D eigenvalue weighted by Gasteiger charge is 2.21. The minimum atomic E-state index is -1.04. The van der Waals surface area contributed by atoms with Crippen LogP contribution >= 0.6 is 11.6 Å². The van der Waals surface area contributed by atoms with E-state index in [1.54, 1.807) is 0 Å². The molecule has 2 aromatic rings. The van der Waals surface area contributed by atoms with Crippen LogP contribution in [0.2, 0.25) is 5.02 Å². The standard InChI is InChI=1S/C16H16ClNO6/c1-9(15(20)18-5-6-22-2)23-16(21)14-8-12(19)11-7-10(17)3-4-13(11)24-14/h3-4,7-9H,5-6H2,1-2H3,(H,18,20)/t9-/m1/s1. The fourth-order valence-electron chi connectivity index (χ4n) is 1.92. The van der Waals surface area contributed by atoms with Crippen LogP contribution in [-0.2, 0) is 14.3 Å². The van der Waals surface area contributed by atoms with Crippen molar-refractivity contribution in [3.05, 3.63) is 45.3 Å². The second-order valence-corrected chi connectivity index (χ2v) is 5.38. The lowest BCUT2D eigenvalue weighted by Crippen LogP contribution is -2.37. The summed E-state index contributed by atoms with van der Waals surface area (Å²) in [6, 6.07) is 5.48. The zero-order valence-electron chi connectivity index (χ0n) is 13.1. The molecular formula is C16H16ClNO6. The van der Waals surface area contributed by atoms with Crippen molar-refractivity contribution >= 4 is 34.4 Å². The number of ether oxygens (including phenoxy) is 2. The molecule has 1 heterocycles. The number of rotatable bonds is 6. The zero-order valence-corrected chi connectivity index (χ0v) is 13.9. The van der Waals surface area contributed by atoms with Gasteiger partial charge in [-0.3, -0.25) is 9.59 Å². The lowest BCUT2D eigenvalue weighted by atomic mass is 10.2. The van der Waals surface area contributed by atoms with E-state index < -0.39 is 23.4 Å². The van der Waals surface area contributed by atoms with Crippen LogP contribution in [0.5, 0.6) is 0 Å². The quantitative estimate of drug-likeness (QED) is 0.628. The maximum absolute atomic E-state index is 12.1. The van der Waals surface area contributed by atoms with E-state index in [4.69, 9.17) is 25.5 Å². The van der Waals surface area contributed by atoms with Gasteiger partial charge in [-0.05, 0) is 25.1 Å². The first-order valence-electron chi connectivity index (χ1n) is 7.13.